The molecule has 0 atom stereocenters. The number of urea groups is 1. The van der Waals surface area contributed by atoms with Crippen LogP contribution in [0.1, 0.15) is 31.4 Å². The number of aryl methyl sites for hydroxylation is 2. The molecule has 0 heterocycles. The predicted molar refractivity (Wildman–Crippen MR) is 107 cm³/mol. The number of carbonyl (C=O) groups is 1. The normalized spacial score (nSPS) is 10.4. The quantitative estimate of drug-likeness (QED) is 0.698. The summed E-state index contributed by atoms with van der Waals surface area (Å²) in [6, 6.07) is 16.3. The van der Waals surface area contributed by atoms with E-state index in [0.717, 1.165) is 31.5 Å². The predicted octanol–water partition coefficient (Wildman–Crippen LogP) is 4.46. The number of hydrogen-bond acceptors (Lipinski definition) is 2. The zero-order valence-corrected chi connectivity index (χ0v) is 15.5. The lowest BCUT2D eigenvalue weighted by atomic mass is 10.0. The van der Waals surface area contributed by atoms with E-state index in [0.29, 0.717) is 6.54 Å². The van der Waals surface area contributed by atoms with E-state index < -0.39 is 0 Å². The van der Waals surface area contributed by atoms with Crippen molar-refractivity contribution in [2.45, 2.75) is 33.1 Å². The molecule has 134 valence electrons. The first-order chi connectivity index (χ1) is 12.2. The molecule has 0 unspecified atom stereocenters. The van der Waals surface area contributed by atoms with Gasteiger partial charge in [0.15, 0.2) is 0 Å². The van der Waals surface area contributed by atoms with Crippen molar-refractivity contribution in [3.63, 3.8) is 0 Å². The van der Waals surface area contributed by atoms with Gasteiger partial charge in [0.2, 0.25) is 0 Å². The van der Waals surface area contributed by atoms with Crippen LogP contribution in [0.2, 0.25) is 0 Å². The van der Waals surface area contributed by atoms with Crippen LogP contribution in [0.25, 0.3) is 0 Å². The van der Waals surface area contributed by atoms with E-state index in [2.05, 4.69) is 66.8 Å². The Kier molecular flexibility index (Phi) is 7.33. The average molecular weight is 339 g/mol. The van der Waals surface area contributed by atoms with Crippen molar-refractivity contribution >= 4 is 17.4 Å². The fraction of sp³-hybridized carbons (Fsp3) is 0.381. The lowest BCUT2D eigenvalue weighted by Crippen LogP contribution is -2.32. The second-order valence-corrected chi connectivity index (χ2v) is 6.15. The van der Waals surface area contributed by atoms with Crippen molar-refractivity contribution in [2.24, 2.45) is 0 Å². The van der Waals surface area contributed by atoms with E-state index in [4.69, 9.17) is 0 Å². The van der Waals surface area contributed by atoms with Gasteiger partial charge in [-0.05, 0) is 42.5 Å². The highest BCUT2D eigenvalue weighted by molar-refractivity contribution is 5.91. The number of anilines is 2. The SMILES string of the molecule is CCc1cccc(CC)c1NC(=O)NCCCN(C)c1ccccc1. The maximum atomic E-state index is 12.2. The van der Waals surface area contributed by atoms with Crippen LogP contribution >= 0.6 is 0 Å². The Balaban J connectivity index is 1.80. The molecule has 25 heavy (non-hydrogen) atoms. The van der Waals surface area contributed by atoms with E-state index in [-0.39, 0.29) is 6.03 Å². The average Bonchev–Trinajstić information content (AvgIpc) is 2.65. The van der Waals surface area contributed by atoms with Crippen LogP contribution in [0.5, 0.6) is 0 Å². The monoisotopic (exact) mass is 339 g/mol. The highest BCUT2D eigenvalue weighted by atomic mass is 16.2. The standard InChI is InChI=1S/C21H29N3O/c1-4-17-11-9-12-18(5-2)20(17)23-21(25)22-15-10-16-24(3)19-13-7-6-8-14-19/h6-9,11-14H,4-5,10,15-16H2,1-3H3,(H2,22,23,25). The van der Waals surface area contributed by atoms with Gasteiger partial charge in [-0.3, -0.25) is 0 Å². The molecular formula is C21H29N3O. The summed E-state index contributed by atoms with van der Waals surface area (Å²) in [5, 5.41) is 6.00. The summed E-state index contributed by atoms with van der Waals surface area (Å²) in [5.74, 6) is 0. The van der Waals surface area contributed by atoms with E-state index in [1.807, 2.05) is 18.2 Å². The molecule has 2 amide bonds. The van der Waals surface area contributed by atoms with Crippen LogP contribution in [-0.4, -0.2) is 26.2 Å². The van der Waals surface area contributed by atoms with Crippen molar-refractivity contribution in [3.05, 3.63) is 59.7 Å². The Bertz CT molecular complexity index is 648. The maximum absolute atomic E-state index is 12.2. The third kappa shape index (κ3) is 5.52. The van der Waals surface area contributed by atoms with E-state index in [1.54, 1.807) is 0 Å². The number of rotatable bonds is 8. The fourth-order valence-electron chi connectivity index (χ4n) is 2.89. The summed E-state index contributed by atoms with van der Waals surface area (Å²) < 4.78 is 0. The van der Waals surface area contributed by atoms with Crippen molar-refractivity contribution < 1.29 is 4.79 Å². The largest absolute Gasteiger partial charge is 0.375 e. The van der Waals surface area contributed by atoms with Crippen molar-refractivity contribution in [1.82, 2.24) is 5.32 Å². The number of para-hydroxylation sites is 2. The summed E-state index contributed by atoms with van der Waals surface area (Å²) in [6.07, 6.45) is 2.71. The van der Waals surface area contributed by atoms with Gasteiger partial charge in [0.1, 0.15) is 0 Å². The number of nitrogens with zero attached hydrogens (tertiary/aromatic N) is 1. The molecule has 4 heteroatoms. The van der Waals surface area contributed by atoms with Crippen LogP contribution in [0.4, 0.5) is 16.2 Å². The zero-order chi connectivity index (χ0) is 18.1. The van der Waals surface area contributed by atoms with E-state index in [9.17, 15) is 4.79 Å². The van der Waals surface area contributed by atoms with Gasteiger partial charge in [-0.15, -0.1) is 0 Å². The van der Waals surface area contributed by atoms with Gasteiger partial charge in [-0.1, -0.05) is 50.2 Å². The molecule has 0 fully saturated rings. The molecule has 0 radical (unpaired) electrons. The molecule has 0 aliphatic heterocycles. The summed E-state index contributed by atoms with van der Waals surface area (Å²) >= 11 is 0. The van der Waals surface area contributed by atoms with Gasteiger partial charge >= 0.3 is 6.03 Å². The van der Waals surface area contributed by atoms with E-state index in [1.165, 1.54) is 16.8 Å². The van der Waals surface area contributed by atoms with Crippen molar-refractivity contribution in [2.75, 3.05) is 30.4 Å². The molecule has 2 rings (SSSR count). The Morgan fingerprint density at radius 3 is 2.20 bits per heavy atom. The van der Waals surface area contributed by atoms with Gasteiger partial charge in [0.05, 0.1) is 0 Å². The molecule has 0 bridgehead atoms. The fourth-order valence-corrected chi connectivity index (χ4v) is 2.89. The molecule has 2 aromatic carbocycles. The number of benzene rings is 2. The molecule has 0 saturated heterocycles. The molecule has 0 aromatic heterocycles. The topological polar surface area (TPSA) is 44.4 Å². The Labute approximate surface area is 151 Å². The van der Waals surface area contributed by atoms with Crippen LogP contribution in [0.15, 0.2) is 48.5 Å². The summed E-state index contributed by atoms with van der Waals surface area (Å²) in [5.41, 5.74) is 4.51. The zero-order valence-electron chi connectivity index (χ0n) is 15.5. The summed E-state index contributed by atoms with van der Waals surface area (Å²) in [4.78, 5) is 14.4. The van der Waals surface area contributed by atoms with Gasteiger partial charge in [-0.2, -0.15) is 0 Å². The Morgan fingerprint density at radius 2 is 1.60 bits per heavy atom. The van der Waals surface area contributed by atoms with Crippen LogP contribution in [0, 0.1) is 0 Å². The molecule has 4 nitrogen and oxygen atoms in total. The minimum Gasteiger partial charge on any atom is -0.375 e. The highest BCUT2D eigenvalue weighted by Crippen LogP contribution is 2.22. The number of amides is 2. The molecule has 0 aliphatic rings. The number of hydrogen-bond donors (Lipinski definition) is 2. The minimum atomic E-state index is -0.127. The summed E-state index contributed by atoms with van der Waals surface area (Å²) in [6.45, 7) is 5.77. The van der Waals surface area contributed by atoms with Gasteiger partial charge in [0, 0.05) is 31.5 Å². The first kappa shape index (κ1) is 18.8. The van der Waals surface area contributed by atoms with Crippen LogP contribution < -0.4 is 15.5 Å². The van der Waals surface area contributed by atoms with Crippen LogP contribution in [-0.2, 0) is 12.8 Å². The lowest BCUT2D eigenvalue weighted by molar-refractivity contribution is 0.252. The molecular weight excluding hydrogens is 310 g/mol. The lowest BCUT2D eigenvalue weighted by Gasteiger charge is -2.19. The first-order valence-corrected chi connectivity index (χ1v) is 9.07. The maximum Gasteiger partial charge on any atom is 0.319 e. The number of nitrogens with one attached hydrogen (secondary N) is 2. The van der Waals surface area contributed by atoms with E-state index >= 15 is 0 Å². The smallest absolute Gasteiger partial charge is 0.319 e. The second-order valence-electron chi connectivity index (χ2n) is 6.15. The minimum absolute atomic E-state index is 0.127. The third-order valence-corrected chi connectivity index (χ3v) is 4.39. The Hall–Kier alpha value is -2.49. The highest BCUT2D eigenvalue weighted by Gasteiger charge is 2.09. The van der Waals surface area contributed by atoms with Crippen molar-refractivity contribution in [3.8, 4) is 0 Å². The molecule has 2 N–H and O–H groups in total. The second kappa shape index (κ2) is 9.72. The van der Waals surface area contributed by atoms with Gasteiger partial charge in [0.25, 0.3) is 0 Å². The number of carbonyl (C=O) groups excluding carboxylic acids is 1. The first-order valence-electron chi connectivity index (χ1n) is 9.07. The van der Waals surface area contributed by atoms with Crippen molar-refractivity contribution in [1.29, 1.82) is 0 Å². The van der Waals surface area contributed by atoms with Crippen LogP contribution in [0.3, 0.4) is 0 Å². The molecule has 0 aliphatic carbocycles. The molecule has 2 aromatic rings. The van der Waals surface area contributed by atoms with Gasteiger partial charge < -0.3 is 15.5 Å². The third-order valence-electron chi connectivity index (χ3n) is 4.39. The van der Waals surface area contributed by atoms with Gasteiger partial charge in [-0.25, -0.2) is 4.79 Å². The summed E-state index contributed by atoms with van der Waals surface area (Å²) in [7, 11) is 2.07. The molecule has 0 spiro atoms. The Morgan fingerprint density at radius 1 is 0.960 bits per heavy atom. The molecule has 0 saturated carbocycles.